The van der Waals surface area contributed by atoms with Gasteiger partial charge in [-0.05, 0) is 112 Å². The summed E-state index contributed by atoms with van der Waals surface area (Å²) in [4.78, 5) is 1.24. The number of furan rings is 1. The van der Waals surface area contributed by atoms with Gasteiger partial charge in [0.05, 0.1) is 27.5 Å². The molecule has 9 aromatic carbocycles. The third kappa shape index (κ3) is 5.22. The van der Waals surface area contributed by atoms with Gasteiger partial charge in [-0.25, -0.2) is 0 Å². The van der Waals surface area contributed by atoms with Crippen molar-refractivity contribution < 1.29 is 20.9 Å². The number of hydrogen-bond donors (Lipinski definition) is 0. The minimum atomic E-state index is -0.660. The van der Waals surface area contributed by atoms with Crippen LogP contribution in [-0.4, -0.2) is 4.57 Å². The Labute approximate surface area is 365 Å². The lowest BCUT2D eigenvalue weighted by atomic mass is 9.82. The maximum atomic E-state index is 9.76. The molecule has 1 aliphatic carbocycles. The van der Waals surface area contributed by atoms with Crippen LogP contribution >= 0.6 is 0 Å². The molecule has 0 saturated carbocycles. The van der Waals surface area contributed by atoms with E-state index in [4.69, 9.17) is 14.0 Å². The predicted octanol–water partition coefficient (Wildman–Crippen LogP) is 15.8. The largest absolute Gasteiger partial charge is 0.456 e. The summed E-state index contributed by atoms with van der Waals surface area (Å²) >= 11 is 0. The Kier molecular flexibility index (Phi) is 5.36. The molecule has 0 bridgehead atoms. The minimum absolute atomic E-state index is 0.166. The first-order valence-corrected chi connectivity index (χ1v) is 19.8. The van der Waals surface area contributed by atoms with Gasteiger partial charge in [0, 0.05) is 61.3 Å². The Hall–Kier alpha value is -7.62. The number of hydrogen-bond acceptors (Lipinski definition) is 2. The van der Waals surface area contributed by atoms with Gasteiger partial charge >= 0.3 is 0 Å². The molecule has 0 saturated heterocycles. The first kappa shape index (κ1) is 24.3. The normalized spacial score (nSPS) is 15.8. The van der Waals surface area contributed by atoms with Crippen LogP contribution in [0.4, 0.5) is 17.1 Å². The summed E-state index contributed by atoms with van der Waals surface area (Å²) in [6, 6.07) is 37.7. The van der Waals surface area contributed by atoms with Gasteiger partial charge in [-0.3, -0.25) is 0 Å². The summed E-state index contributed by atoms with van der Waals surface area (Å²) in [6.45, 7) is 4.47. The molecule has 0 fully saturated rings. The van der Waals surface area contributed by atoms with E-state index in [0.717, 1.165) is 55.5 Å². The highest BCUT2D eigenvalue weighted by atomic mass is 16.3. The topological polar surface area (TPSA) is 21.3 Å². The van der Waals surface area contributed by atoms with Crippen LogP contribution in [0.2, 0.25) is 0 Å². The van der Waals surface area contributed by atoms with E-state index in [-0.39, 0.29) is 44.4 Å². The molecule has 0 aliphatic heterocycles. The van der Waals surface area contributed by atoms with E-state index < -0.39 is 72.5 Å². The van der Waals surface area contributed by atoms with Crippen LogP contribution in [0.25, 0.3) is 82.8 Å². The molecular weight excluding hydrogens is 729 g/mol. The van der Waals surface area contributed by atoms with Gasteiger partial charge in [0.25, 0.3) is 0 Å². The molecule has 0 radical (unpaired) electrons. The Bertz CT molecular complexity index is 4140. The second-order valence-corrected chi connectivity index (χ2v) is 15.6. The Morgan fingerprint density at radius 2 is 1.20 bits per heavy atom. The molecule has 3 heteroatoms. The zero-order chi connectivity index (χ0) is 50.4. The second-order valence-electron chi connectivity index (χ2n) is 15.6. The van der Waals surface area contributed by atoms with Crippen molar-refractivity contribution in [2.24, 2.45) is 0 Å². The molecule has 11 aromatic rings. The van der Waals surface area contributed by atoms with Gasteiger partial charge in [0.1, 0.15) is 11.2 Å². The minimum Gasteiger partial charge on any atom is -0.456 e. The van der Waals surface area contributed by atoms with Crippen molar-refractivity contribution in [2.75, 3.05) is 4.90 Å². The highest BCUT2D eigenvalue weighted by Gasteiger charge is 2.35. The monoisotopic (exact) mass is 780 g/mol. The molecule has 2 heterocycles. The summed E-state index contributed by atoms with van der Waals surface area (Å²) in [5.74, 6) is 0. The lowest BCUT2D eigenvalue weighted by Crippen LogP contribution is -2.14. The van der Waals surface area contributed by atoms with E-state index in [9.17, 15) is 6.85 Å². The molecule has 60 heavy (non-hydrogen) atoms. The quantitative estimate of drug-likeness (QED) is 0.168. The van der Waals surface area contributed by atoms with Crippen LogP contribution in [0.5, 0.6) is 0 Å². The highest BCUT2D eigenvalue weighted by molar-refractivity contribution is 6.16. The third-order valence-corrected chi connectivity index (χ3v) is 11.9. The first-order valence-electron chi connectivity index (χ1n) is 25.8. The maximum absolute atomic E-state index is 9.76. The van der Waals surface area contributed by atoms with Gasteiger partial charge in [-0.15, -0.1) is 0 Å². The van der Waals surface area contributed by atoms with E-state index in [2.05, 4.69) is 85.1 Å². The van der Waals surface area contributed by atoms with Gasteiger partial charge in [0.2, 0.25) is 0 Å². The van der Waals surface area contributed by atoms with Crippen LogP contribution in [0.3, 0.4) is 0 Å². The number of fused-ring (bicyclic) bond motifs is 9. The Morgan fingerprint density at radius 1 is 0.483 bits per heavy atom. The van der Waals surface area contributed by atoms with E-state index >= 15 is 0 Å². The molecule has 12 rings (SSSR count). The molecule has 1 aliphatic rings. The van der Waals surface area contributed by atoms with Crippen molar-refractivity contribution in [3.05, 3.63) is 217 Å². The summed E-state index contributed by atoms with van der Waals surface area (Å²) in [5, 5.41) is 1.15. The fourth-order valence-corrected chi connectivity index (χ4v) is 9.15. The van der Waals surface area contributed by atoms with Gasteiger partial charge in [0.15, 0.2) is 0 Å². The lowest BCUT2D eigenvalue weighted by Gasteiger charge is -2.25. The maximum Gasteiger partial charge on any atom is 0.137 e. The number of aromatic nitrogens is 1. The summed E-state index contributed by atoms with van der Waals surface area (Å²) < 4.78 is 116. The Balaban J connectivity index is 1.22. The molecule has 0 N–H and O–H groups in total. The molecule has 3 nitrogen and oxygen atoms in total. The molecule has 0 atom stereocenters. The standard InChI is InChI=1S/C57H40N2O/c1-57(2)51-24-14-12-22-44(51)48-34-42(27-30-52(48)57)59-53-31-28-41(58(40-20-10-5-11-21-40)43-26-29-46-45-23-13-15-25-54(45)60-55(46)36-43)35-49(53)50-33-39(37-16-6-3-7-17-37)32-47(56(50)59)38-18-8-4-9-19-38/h3-36H,1-2H3/i5D,10D,11D,13D,15D,20D,21D,23D,25D,26D,29D,36D. The molecule has 0 amide bonds. The SMILES string of the molecule is [2H]c1c([2H])c([2H])c(N(c2ccc3c(c2)c2cc(-c4ccccc4)cc(-c4ccccc4)c2n3-c2ccc3c(c2)-c2ccccc2C3(C)C)c2c([2H])c([2H])c3c(oc4c([2H])c([2H])c([2H])c([2H])c43)c2[2H])c([2H])c1[2H]. The van der Waals surface area contributed by atoms with Crippen molar-refractivity contribution in [2.45, 2.75) is 19.3 Å². The first-order chi connectivity index (χ1) is 34.5. The molecular formula is C57H40N2O. The van der Waals surface area contributed by atoms with E-state index in [1.165, 1.54) is 16.0 Å². The Morgan fingerprint density at radius 3 is 2.03 bits per heavy atom. The zero-order valence-corrected chi connectivity index (χ0v) is 32.5. The van der Waals surface area contributed by atoms with Crippen LogP contribution in [0, 0.1) is 0 Å². The number of para-hydroxylation sites is 2. The van der Waals surface area contributed by atoms with Crippen molar-refractivity contribution in [1.82, 2.24) is 4.57 Å². The predicted molar refractivity (Wildman–Crippen MR) is 251 cm³/mol. The van der Waals surface area contributed by atoms with Crippen molar-refractivity contribution in [1.29, 1.82) is 0 Å². The number of anilines is 3. The van der Waals surface area contributed by atoms with Gasteiger partial charge in [-0.1, -0.05) is 141 Å². The van der Waals surface area contributed by atoms with Crippen LogP contribution in [0.1, 0.15) is 41.4 Å². The summed E-state index contributed by atoms with van der Waals surface area (Å²) in [5.41, 5.74) is 9.54. The third-order valence-electron chi connectivity index (χ3n) is 11.9. The van der Waals surface area contributed by atoms with Crippen LogP contribution in [0.15, 0.2) is 210 Å². The van der Waals surface area contributed by atoms with E-state index in [1.807, 2.05) is 60.7 Å². The highest BCUT2D eigenvalue weighted by Crippen LogP contribution is 2.50. The van der Waals surface area contributed by atoms with Crippen molar-refractivity contribution in [3.63, 3.8) is 0 Å². The summed E-state index contributed by atoms with van der Waals surface area (Å²) in [7, 11) is 0. The van der Waals surface area contributed by atoms with Gasteiger partial charge < -0.3 is 13.9 Å². The average molecular weight is 781 g/mol. The molecule has 0 unspecified atom stereocenters. The zero-order valence-electron chi connectivity index (χ0n) is 44.5. The molecule has 284 valence electrons. The fourth-order valence-electron chi connectivity index (χ4n) is 9.15. The number of benzene rings is 9. The van der Waals surface area contributed by atoms with E-state index in [1.54, 1.807) is 6.07 Å². The van der Waals surface area contributed by atoms with E-state index in [0.29, 0.717) is 5.39 Å². The lowest BCUT2D eigenvalue weighted by molar-refractivity contribution is 0.660. The number of nitrogens with zero attached hydrogens (tertiary/aromatic N) is 2. The van der Waals surface area contributed by atoms with Crippen LogP contribution < -0.4 is 4.90 Å². The van der Waals surface area contributed by atoms with Gasteiger partial charge in [-0.2, -0.15) is 0 Å². The number of rotatable bonds is 6. The molecule has 2 aromatic heterocycles. The smallest absolute Gasteiger partial charge is 0.137 e. The fraction of sp³-hybridized carbons (Fsp3) is 0.0526. The average Bonchev–Trinajstić information content (AvgIpc) is 4.04. The summed E-state index contributed by atoms with van der Waals surface area (Å²) in [6.07, 6.45) is 0. The van der Waals surface area contributed by atoms with Crippen molar-refractivity contribution >= 4 is 60.8 Å². The second kappa shape index (κ2) is 13.2. The molecule has 0 spiro atoms. The van der Waals surface area contributed by atoms with Crippen molar-refractivity contribution in [3.8, 4) is 39.1 Å². The van der Waals surface area contributed by atoms with Crippen LogP contribution in [-0.2, 0) is 5.41 Å².